The summed E-state index contributed by atoms with van der Waals surface area (Å²) in [5.74, 6) is 0. The van der Waals surface area contributed by atoms with Crippen molar-refractivity contribution in [3.05, 3.63) is 0 Å². The Hall–Kier alpha value is -0.263. The van der Waals surface area contributed by atoms with Crippen LogP contribution in [0.2, 0.25) is 0 Å². The molecule has 0 amide bonds. The summed E-state index contributed by atoms with van der Waals surface area (Å²) in [6.07, 6.45) is 7.34. The van der Waals surface area contributed by atoms with Crippen molar-refractivity contribution >= 4 is 9.76 Å². The summed E-state index contributed by atoms with van der Waals surface area (Å²) < 4.78 is 5.13. The SMILES string of the molecule is C#C[SiH2]OCCCC. The van der Waals surface area contributed by atoms with E-state index in [0.29, 0.717) is 0 Å². The second-order valence-corrected chi connectivity index (χ2v) is 2.72. The Bertz CT molecular complexity index is 75.1. The summed E-state index contributed by atoms with van der Waals surface area (Å²) in [6, 6.07) is 0. The fraction of sp³-hybridized carbons (Fsp3) is 0.667. The van der Waals surface area contributed by atoms with Gasteiger partial charge in [0.2, 0.25) is 9.76 Å². The molecule has 0 aromatic carbocycles. The number of rotatable bonds is 4. The van der Waals surface area contributed by atoms with Gasteiger partial charge < -0.3 is 4.43 Å². The van der Waals surface area contributed by atoms with Gasteiger partial charge in [-0.25, -0.2) is 0 Å². The van der Waals surface area contributed by atoms with Crippen LogP contribution in [0.25, 0.3) is 0 Å². The molecule has 0 aliphatic heterocycles. The molecule has 0 aliphatic rings. The molecular formula is C6H12OSi. The predicted molar refractivity (Wildman–Crippen MR) is 38.2 cm³/mol. The first kappa shape index (κ1) is 7.74. The van der Waals surface area contributed by atoms with Crippen molar-refractivity contribution in [1.29, 1.82) is 0 Å². The lowest BCUT2D eigenvalue weighted by Crippen LogP contribution is -1.96. The fourth-order valence-corrected chi connectivity index (χ4v) is 0.844. The average molecular weight is 128 g/mol. The summed E-state index contributed by atoms with van der Waals surface area (Å²) >= 11 is 0. The second kappa shape index (κ2) is 6.74. The predicted octanol–water partition coefficient (Wildman–Crippen LogP) is 0.478. The van der Waals surface area contributed by atoms with Crippen molar-refractivity contribution < 1.29 is 4.43 Å². The molecule has 0 saturated carbocycles. The van der Waals surface area contributed by atoms with E-state index in [1.807, 2.05) is 0 Å². The van der Waals surface area contributed by atoms with Gasteiger partial charge in [-0.2, -0.15) is 0 Å². The van der Waals surface area contributed by atoms with Crippen LogP contribution in [-0.2, 0) is 4.43 Å². The molecule has 0 aliphatic carbocycles. The zero-order valence-corrected chi connectivity index (χ0v) is 6.73. The Balaban J connectivity index is 2.65. The normalized spacial score (nSPS) is 10.0. The van der Waals surface area contributed by atoms with E-state index >= 15 is 0 Å². The van der Waals surface area contributed by atoms with Crippen LogP contribution in [0, 0.1) is 12.0 Å². The molecule has 2 heteroatoms. The van der Waals surface area contributed by atoms with E-state index in [2.05, 4.69) is 12.5 Å². The topological polar surface area (TPSA) is 9.23 Å². The molecule has 0 aromatic heterocycles. The van der Waals surface area contributed by atoms with Crippen molar-refractivity contribution in [2.75, 3.05) is 6.61 Å². The van der Waals surface area contributed by atoms with Crippen molar-refractivity contribution in [2.45, 2.75) is 19.8 Å². The Kier molecular flexibility index (Phi) is 6.52. The van der Waals surface area contributed by atoms with Gasteiger partial charge in [0.1, 0.15) is 0 Å². The van der Waals surface area contributed by atoms with Gasteiger partial charge in [-0.15, -0.1) is 12.0 Å². The van der Waals surface area contributed by atoms with Gasteiger partial charge in [0.15, 0.2) is 0 Å². The van der Waals surface area contributed by atoms with E-state index < -0.39 is 9.76 Å². The minimum Gasteiger partial charge on any atom is -0.411 e. The Morgan fingerprint density at radius 3 is 3.00 bits per heavy atom. The highest BCUT2D eigenvalue weighted by molar-refractivity contribution is 6.38. The summed E-state index contributed by atoms with van der Waals surface area (Å²) in [5, 5.41) is 0. The molecule has 0 bridgehead atoms. The minimum atomic E-state index is -0.571. The van der Waals surface area contributed by atoms with Gasteiger partial charge in [0.25, 0.3) is 0 Å². The highest BCUT2D eigenvalue weighted by atomic mass is 28.2. The molecule has 46 valence electrons. The highest BCUT2D eigenvalue weighted by Crippen LogP contribution is 1.84. The number of hydrogen-bond acceptors (Lipinski definition) is 1. The monoisotopic (exact) mass is 128 g/mol. The number of terminal acetylenes is 1. The molecule has 0 rings (SSSR count). The Labute approximate surface area is 53.4 Å². The van der Waals surface area contributed by atoms with E-state index in [1.165, 1.54) is 6.42 Å². The molecule has 8 heavy (non-hydrogen) atoms. The van der Waals surface area contributed by atoms with E-state index in [-0.39, 0.29) is 0 Å². The van der Waals surface area contributed by atoms with Gasteiger partial charge >= 0.3 is 0 Å². The van der Waals surface area contributed by atoms with Crippen LogP contribution in [0.3, 0.4) is 0 Å². The van der Waals surface area contributed by atoms with Crippen LogP contribution in [0.5, 0.6) is 0 Å². The maximum atomic E-state index is 5.13. The second-order valence-electron chi connectivity index (χ2n) is 1.61. The van der Waals surface area contributed by atoms with Crippen molar-refractivity contribution in [3.63, 3.8) is 0 Å². The third kappa shape index (κ3) is 5.74. The van der Waals surface area contributed by atoms with Gasteiger partial charge in [-0.3, -0.25) is 0 Å². The van der Waals surface area contributed by atoms with Gasteiger partial charge in [0, 0.05) is 6.61 Å². The molecule has 0 atom stereocenters. The van der Waals surface area contributed by atoms with Crippen molar-refractivity contribution in [2.24, 2.45) is 0 Å². The lowest BCUT2D eigenvalue weighted by Gasteiger charge is -1.94. The third-order valence-electron chi connectivity index (χ3n) is 0.828. The standard InChI is InChI=1S/C6H12OSi/c1-3-5-6-7-8-4-2/h2H,3,5-6,8H2,1H3. The van der Waals surface area contributed by atoms with E-state index in [1.54, 1.807) is 0 Å². The van der Waals surface area contributed by atoms with Crippen LogP contribution in [-0.4, -0.2) is 16.4 Å². The Morgan fingerprint density at radius 2 is 2.50 bits per heavy atom. The lowest BCUT2D eigenvalue weighted by molar-refractivity contribution is 0.332. The summed E-state index contributed by atoms with van der Waals surface area (Å²) in [6.45, 7) is 3.01. The van der Waals surface area contributed by atoms with Crippen LogP contribution in [0.4, 0.5) is 0 Å². The lowest BCUT2D eigenvalue weighted by atomic mass is 10.4. The average Bonchev–Trinajstić information content (AvgIpc) is 1.81. The van der Waals surface area contributed by atoms with Crippen LogP contribution in [0.1, 0.15) is 19.8 Å². The fourth-order valence-electron chi connectivity index (χ4n) is 0.377. The molecule has 0 saturated heterocycles. The zero-order chi connectivity index (χ0) is 6.24. The third-order valence-corrected chi connectivity index (χ3v) is 1.49. The molecule has 0 aromatic rings. The van der Waals surface area contributed by atoms with Crippen molar-refractivity contribution in [1.82, 2.24) is 0 Å². The molecule has 0 N–H and O–H groups in total. The molecule has 0 radical (unpaired) electrons. The van der Waals surface area contributed by atoms with E-state index in [9.17, 15) is 0 Å². The van der Waals surface area contributed by atoms with Gasteiger partial charge in [0.05, 0.1) is 0 Å². The highest BCUT2D eigenvalue weighted by Gasteiger charge is 1.80. The first-order chi connectivity index (χ1) is 3.91. The summed E-state index contributed by atoms with van der Waals surface area (Å²) in [7, 11) is -0.571. The first-order valence-corrected chi connectivity index (χ1v) is 4.21. The maximum Gasteiger partial charge on any atom is 0.240 e. The minimum absolute atomic E-state index is 0.571. The Morgan fingerprint density at radius 1 is 1.75 bits per heavy atom. The molecular weight excluding hydrogens is 116 g/mol. The zero-order valence-electron chi connectivity index (χ0n) is 5.31. The molecule has 0 heterocycles. The number of hydrogen-bond donors (Lipinski definition) is 0. The summed E-state index contributed by atoms with van der Waals surface area (Å²) in [4.78, 5) is 0. The molecule has 0 unspecified atom stereocenters. The van der Waals surface area contributed by atoms with Crippen LogP contribution < -0.4 is 0 Å². The smallest absolute Gasteiger partial charge is 0.240 e. The van der Waals surface area contributed by atoms with E-state index in [4.69, 9.17) is 10.8 Å². The van der Waals surface area contributed by atoms with Crippen LogP contribution in [0.15, 0.2) is 0 Å². The summed E-state index contributed by atoms with van der Waals surface area (Å²) in [5.41, 5.74) is 2.54. The van der Waals surface area contributed by atoms with Crippen molar-refractivity contribution in [3.8, 4) is 12.0 Å². The van der Waals surface area contributed by atoms with E-state index in [0.717, 1.165) is 13.0 Å². The number of unbranched alkanes of at least 4 members (excludes halogenated alkanes) is 1. The van der Waals surface area contributed by atoms with Gasteiger partial charge in [-0.05, 0) is 6.42 Å². The van der Waals surface area contributed by atoms with Gasteiger partial charge in [-0.1, -0.05) is 13.3 Å². The first-order valence-electron chi connectivity index (χ1n) is 2.93. The molecule has 0 fully saturated rings. The molecule has 1 nitrogen and oxygen atoms in total. The quantitative estimate of drug-likeness (QED) is 0.304. The molecule has 0 spiro atoms. The van der Waals surface area contributed by atoms with Crippen LogP contribution >= 0.6 is 0 Å². The largest absolute Gasteiger partial charge is 0.411 e. The maximum absolute atomic E-state index is 5.13.